The number of methoxy groups -OCH3 is 2. The molecule has 0 aliphatic carbocycles. The number of rotatable bonds is 14. The maximum atomic E-state index is 14.2. The standard InChI is InChI=1S/C40H56ClN5O12S2/c1-22-10-9-11-29(55-8)40(53)20-28(56-38(52)44-40)23(2)36-39(4,58-36)30(19-34(50)46(6)26-17-25(16-22)18-27(54-7)35(26)41)57-37(51)24(3)45(5)33(49)13-15-60-59-14-12-32(48)43-21-31(42)47/h9-11,17-18,23-24,28-30,36,53H,12-16,19-21H2,1-8H3,(H2,42,47)(H,43,48)(H,44,52)/b11-9+,22-10+/t23-,24+,28+,29-,30+,36+,39+,40+/m1/s1. The van der Waals surface area contributed by atoms with Crippen LogP contribution >= 0.6 is 33.2 Å². The number of nitrogens with zero attached hydrogens (tertiary/aromatic N) is 2. The fraction of sp³-hybridized carbons (Fsp3) is 0.600. The summed E-state index contributed by atoms with van der Waals surface area (Å²) in [6, 6.07) is 2.49. The number of likely N-dealkylation sites (N-methyl/N-ethyl adjacent to an activating group) is 1. The third kappa shape index (κ3) is 12.3. The highest BCUT2D eigenvalue weighted by Crippen LogP contribution is 2.49. The van der Waals surface area contributed by atoms with Gasteiger partial charge in [-0.3, -0.25) is 24.5 Å². The Bertz CT molecular complexity index is 1850. The van der Waals surface area contributed by atoms with Crippen LogP contribution in [-0.4, -0.2) is 134 Å². The van der Waals surface area contributed by atoms with E-state index in [1.165, 1.54) is 59.6 Å². The van der Waals surface area contributed by atoms with E-state index >= 15 is 0 Å². The molecule has 0 unspecified atom stereocenters. The first kappa shape index (κ1) is 48.7. The molecule has 2 fully saturated rings. The summed E-state index contributed by atoms with van der Waals surface area (Å²) in [5.41, 5.74) is 3.97. The highest BCUT2D eigenvalue weighted by atomic mass is 35.5. The molecule has 17 nitrogen and oxygen atoms in total. The van der Waals surface area contributed by atoms with Crippen LogP contribution < -0.4 is 26.0 Å². The van der Waals surface area contributed by atoms with Crippen molar-refractivity contribution in [2.75, 3.05) is 51.3 Å². The molecule has 20 heteroatoms. The van der Waals surface area contributed by atoms with E-state index < -0.39 is 71.6 Å². The van der Waals surface area contributed by atoms with Gasteiger partial charge < -0.3 is 49.6 Å². The number of primary amides is 1. The molecule has 1 aromatic rings. The number of ether oxygens (including phenoxy) is 5. The third-order valence-electron chi connectivity index (χ3n) is 10.9. The van der Waals surface area contributed by atoms with Gasteiger partial charge in [0.2, 0.25) is 23.6 Å². The third-order valence-corrected chi connectivity index (χ3v) is 13.7. The maximum absolute atomic E-state index is 14.2. The minimum absolute atomic E-state index is 0.0787. The number of amides is 5. The number of nitrogens with one attached hydrogen (secondary N) is 2. The van der Waals surface area contributed by atoms with E-state index in [0.29, 0.717) is 29.4 Å². The molecule has 4 rings (SSSR count). The number of fused-ring (bicyclic) bond motifs is 5. The van der Waals surface area contributed by atoms with E-state index in [1.54, 1.807) is 45.2 Å². The Hall–Kier alpha value is -4.01. The summed E-state index contributed by atoms with van der Waals surface area (Å²) >= 11 is 6.77. The fourth-order valence-electron chi connectivity index (χ4n) is 7.05. The van der Waals surface area contributed by atoms with Crippen LogP contribution in [0.2, 0.25) is 5.02 Å². The zero-order chi connectivity index (χ0) is 44.5. The molecule has 3 aliphatic rings. The summed E-state index contributed by atoms with van der Waals surface area (Å²) in [5.74, 6) is -1.89. The maximum Gasteiger partial charge on any atom is 0.409 e. The molecule has 3 aliphatic heterocycles. The number of esters is 1. The van der Waals surface area contributed by atoms with Gasteiger partial charge in [-0.15, -0.1) is 0 Å². The van der Waals surface area contributed by atoms with Crippen LogP contribution in [0.25, 0.3) is 0 Å². The quantitative estimate of drug-likeness (QED) is 0.0910. The van der Waals surface area contributed by atoms with Crippen molar-refractivity contribution >= 4 is 74.6 Å². The van der Waals surface area contributed by atoms with Crippen molar-refractivity contribution in [3.63, 3.8) is 0 Å². The average Bonchev–Trinajstić information content (AvgIpc) is 3.90. The van der Waals surface area contributed by atoms with E-state index in [9.17, 15) is 33.9 Å². The Balaban J connectivity index is 1.57. The smallest absolute Gasteiger partial charge is 0.409 e. The molecule has 3 heterocycles. The van der Waals surface area contributed by atoms with Crippen LogP contribution in [0.1, 0.15) is 58.9 Å². The molecule has 332 valence electrons. The van der Waals surface area contributed by atoms with Crippen LogP contribution in [0.4, 0.5) is 10.5 Å². The van der Waals surface area contributed by atoms with Crippen molar-refractivity contribution in [2.24, 2.45) is 11.7 Å². The molecule has 5 amide bonds. The Morgan fingerprint density at radius 1 is 1.18 bits per heavy atom. The van der Waals surface area contributed by atoms with Crippen LogP contribution in [-0.2, 0) is 49.3 Å². The number of nitrogens with two attached hydrogens (primary N) is 1. The van der Waals surface area contributed by atoms with Crippen LogP contribution in [0, 0.1) is 5.92 Å². The monoisotopic (exact) mass is 897 g/mol. The van der Waals surface area contributed by atoms with Crippen molar-refractivity contribution in [3.8, 4) is 5.75 Å². The van der Waals surface area contributed by atoms with Gasteiger partial charge in [0.05, 0.1) is 31.9 Å². The number of benzene rings is 1. The molecule has 0 radical (unpaired) electrons. The molecular weight excluding hydrogens is 842 g/mol. The van der Waals surface area contributed by atoms with E-state index in [4.69, 9.17) is 41.0 Å². The molecule has 5 N–H and O–H groups in total. The topological polar surface area (TPSA) is 229 Å². The van der Waals surface area contributed by atoms with Gasteiger partial charge in [-0.05, 0) is 44.9 Å². The number of carbonyl (C=O) groups is 6. The number of hydrogen-bond acceptors (Lipinski definition) is 14. The van der Waals surface area contributed by atoms with Gasteiger partial charge in [-0.25, -0.2) is 9.59 Å². The Morgan fingerprint density at radius 3 is 2.52 bits per heavy atom. The van der Waals surface area contributed by atoms with Crippen molar-refractivity contribution < 1.29 is 57.6 Å². The Morgan fingerprint density at radius 2 is 1.87 bits per heavy atom. The lowest BCUT2D eigenvalue weighted by molar-refractivity contribution is -0.162. The first-order valence-electron chi connectivity index (χ1n) is 19.4. The summed E-state index contributed by atoms with van der Waals surface area (Å²) in [4.78, 5) is 79.4. The number of alkyl carbamates (subject to hydrolysis) is 1. The number of hydrogen-bond donors (Lipinski definition) is 4. The SMILES string of the molecule is COc1cc2cc(c1Cl)N(C)C(=O)C[C@H](OC(=O)[C@H](C)N(C)C(=O)CCSSCCC(=O)NCC(N)=O)[C@]1(C)O[C@H]1[C@H](C)[C@@H]1C[C@@](O)(NC(=O)O1)[C@H](OC)/C=C/C=C(\C)C2. The van der Waals surface area contributed by atoms with Crippen molar-refractivity contribution in [3.05, 3.63) is 46.5 Å². The molecule has 0 saturated carbocycles. The van der Waals surface area contributed by atoms with Crippen LogP contribution in [0.15, 0.2) is 35.9 Å². The minimum Gasteiger partial charge on any atom is -0.495 e. The minimum atomic E-state index is -1.86. The first-order valence-corrected chi connectivity index (χ1v) is 22.2. The lowest BCUT2D eigenvalue weighted by Gasteiger charge is -2.42. The van der Waals surface area contributed by atoms with Gasteiger partial charge in [0.25, 0.3) is 0 Å². The largest absolute Gasteiger partial charge is 0.495 e. The first-order chi connectivity index (χ1) is 28.2. The molecule has 4 bridgehead atoms. The second kappa shape index (κ2) is 21.2. The van der Waals surface area contributed by atoms with Gasteiger partial charge in [-0.2, -0.15) is 0 Å². The molecular formula is C40H56ClN5O12S2. The van der Waals surface area contributed by atoms with Crippen LogP contribution in [0.3, 0.4) is 0 Å². The molecule has 1 aromatic carbocycles. The second-order valence-corrected chi connectivity index (χ2v) is 18.4. The Kier molecular flexibility index (Phi) is 17.2. The summed E-state index contributed by atoms with van der Waals surface area (Å²) in [6.07, 6.45) is 0.887. The fourth-order valence-corrected chi connectivity index (χ4v) is 9.33. The molecule has 8 atom stereocenters. The number of anilines is 1. The molecule has 60 heavy (non-hydrogen) atoms. The van der Waals surface area contributed by atoms with E-state index in [-0.39, 0.29) is 49.1 Å². The second-order valence-electron chi connectivity index (χ2n) is 15.3. The number of halogens is 1. The molecule has 0 aromatic heterocycles. The van der Waals surface area contributed by atoms with Crippen molar-refractivity contribution in [1.29, 1.82) is 0 Å². The zero-order valence-electron chi connectivity index (χ0n) is 35.1. The number of allylic oxidation sites excluding steroid dienone is 3. The molecule has 2 saturated heterocycles. The molecule has 0 spiro atoms. The van der Waals surface area contributed by atoms with Crippen molar-refractivity contribution in [1.82, 2.24) is 15.5 Å². The predicted molar refractivity (Wildman–Crippen MR) is 227 cm³/mol. The van der Waals surface area contributed by atoms with E-state index in [1.807, 2.05) is 13.0 Å². The van der Waals surface area contributed by atoms with Gasteiger partial charge in [0.1, 0.15) is 40.7 Å². The highest BCUT2D eigenvalue weighted by Gasteiger charge is 2.64. The lowest BCUT2D eigenvalue weighted by atomic mass is 9.83. The van der Waals surface area contributed by atoms with Gasteiger partial charge in [0, 0.05) is 57.9 Å². The zero-order valence-corrected chi connectivity index (χ0v) is 37.5. The lowest BCUT2D eigenvalue weighted by Crippen LogP contribution is -2.63. The predicted octanol–water partition coefficient (Wildman–Crippen LogP) is 3.28. The van der Waals surface area contributed by atoms with Gasteiger partial charge in [0.15, 0.2) is 5.72 Å². The number of epoxide rings is 1. The van der Waals surface area contributed by atoms with Crippen LogP contribution in [0.5, 0.6) is 5.75 Å². The number of aliphatic hydroxyl groups is 1. The Labute approximate surface area is 363 Å². The summed E-state index contributed by atoms with van der Waals surface area (Å²) < 4.78 is 29.2. The summed E-state index contributed by atoms with van der Waals surface area (Å²) in [7, 11) is 8.70. The van der Waals surface area contributed by atoms with E-state index in [0.717, 1.165) is 11.1 Å². The number of carbonyl (C=O) groups excluding carboxylic acids is 6. The van der Waals surface area contributed by atoms with Gasteiger partial charge in [-0.1, -0.05) is 63.9 Å². The summed E-state index contributed by atoms with van der Waals surface area (Å²) in [6.45, 7) is 6.67. The highest BCUT2D eigenvalue weighted by molar-refractivity contribution is 8.76. The van der Waals surface area contributed by atoms with E-state index in [2.05, 4.69) is 10.6 Å². The van der Waals surface area contributed by atoms with Gasteiger partial charge >= 0.3 is 12.1 Å². The van der Waals surface area contributed by atoms with Crippen molar-refractivity contribution in [2.45, 2.75) is 102 Å². The average molecular weight is 898 g/mol. The normalized spacial score (nSPS) is 28.7. The summed E-state index contributed by atoms with van der Waals surface area (Å²) in [5, 5.41) is 16.9.